The van der Waals surface area contributed by atoms with Gasteiger partial charge in [0.25, 0.3) is 10.0 Å². The fourth-order valence-electron chi connectivity index (χ4n) is 2.66. The topological polar surface area (TPSA) is 75.7 Å². The van der Waals surface area contributed by atoms with E-state index in [1.807, 2.05) is 0 Å². The fourth-order valence-corrected chi connectivity index (χ4v) is 4.32. The number of rotatable bonds is 8. The average Bonchev–Trinajstić information content (AvgIpc) is 2.66. The quantitative estimate of drug-likeness (QED) is 0.646. The zero-order valence-corrected chi connectivity index (χ0v) is 17.7. The van der Waals surface area contributed by atoms with Crippen LogP contribution < -0.4 is 9.62 Å². The van der Waals surface area contributed by atoms with E-state index in [1.54, 1.807) is 13.0 Å². The van der Waals surface area contributed by atoms with E-state index in [0.29, 0.717) is 10.4 Å². The van der Waals surface area contributed by atoms with Gasteiger partial charge >= 0.3 is 6.18 Å². The van der Waals surface area contributed by atoms with Crippen LogP contribution in [-0.4, -0.2) is 40.6 Å². The van der Waals surface area contributed by atoms with E-state index in [0.717, 1.165) is 12.1 Å². The van der Waals surface area contributed by atoms with Crippen molar-refractivity contribution < 1.29 is 31.1 Å². The Hall–Kier alpha value is -2.30. The monoisotopic (exact) mass is 464 g/mol. The molecule has 0 unspecified atom stereocenters. The van der Waals surface area contributed by atoms with Crippen LogP contribution in [0.15, 0.2) is 53.4 Å². The van der Waals surface area contributed by atoms with Crippen LogP contribution in [0, 0.1) is 0 Å². The number of carbonyl (C=O) groups excluding carboxylic acids is 1. The van der Waals surface area contributed by atoms with Crippen LogP contribution in [0.4, 0.5) is 18.9 Å². The summed E-state index contributed by atoms with van der Waals surface area (Å²) < 4.78 is 71.6. The van der Waals surface area contributed by atoms with Gasteiger partial charge < -0.3 is 10.1 Å². The maximum absolute atomic E-state index is 13.3. The van der Waals surface area contributed by atoms with Gasteiger partial charge in [0.05, 0.1) is 27.8 Å². The molecule has 0 saturated heterocycles. The summed E-state index contributed by atoms with van der Waals surface area (Å²) in [6.07, 6.45) is -4.80. The van der Waals surface area contributed by atoms with Crippen molar-refractivity contribution in [2.24, 2.45) is 0 Å². The number of hydrogen-bond acceptors (Lipinski definition) is 4. The molecule has 0 aromatic heterocycles. The number of halogens is 4. The molecule has 0 heterocycles. The summed E-state index contributed by atoms with van der Waals surface area (Å²) in [6.45, 7) is 1.09. The molecule has 6 nitrogen and oxygen atoms in total. The van der Waals surface area contributed by atoms with Gasteiger partial charge in [-0.2, -0.15) is 13.2 Å². The van der Waals surface area contributed by atoms with Gasteiger partial charge in [0.15, 0.2) is 0 Å². The lowest BCUT2D eigenvalue weighted by molar-refractivity contribution is -0.137. The number of amides is 1. The van der Waals surface area contributed by atoms with Crippen LogP contribution in [0.3, 0.4) is 0 Å². The maximum Gasteiger partial charge on any atom is 0.417 e. The van der Waals surface area contributed by atoms with E-state index in [-0.39, 0.29) is 17.2 Å². The van der Waals surface area contributed by atoms with Crippen molar-refractivity contribution >= 4 is 33.2 Å². The van der Waals surface area contributed by atoms with Crippen LogP contribution >= 0.6 is 11.6 Å². The van der Waals surface area contributed by atoms with Crippen LogP contribution in [0.1, 0.15) is 12.5 Å². The summed E-state index contributed by atoms with van der Waals surface area (Å²) in [7, 11) is -2.91. The highest BCUT2D eigenvalue weighted by atomic mass is 35.5. The Bertz CT molecular complexity index is 985. The molecule has 2 aromatic carbocycles. The van der Waals surface area contributed by atoms with Gasteiger partial charge in [-0.25, -0.2) is 8.42 Å². The van der Waals surface area contributed by atoms with Crippen LogP contribution in [0.25, 0.3) is 0 Å². The number of hydrogen-bond donors (Lipinski definition) is 1. The molecule has 0 aliphatic carbocycles. The molecule has 0 saturated carbocycles. The first-order chi connectivity index (χ1) is 14.0. The second-order valence-electron chi connectivity index (χ2n) is 6.41. The number of benzene rings is 2. The van der Waals surface area contributed by atoms with E-state index >= 15 is 0 Å². The number of nitrogens with zero attached hydrogens (tertiary/aromatic N) is 1. The van der Waals surface area contributed by atoms with Crippen LogP contribution in [-0.2, 0) is 25.7 Å². The van der Waals surface area contributed by atoms with Gasteiger partial charge in [-0.3, -0.25) is 9.10 Å². The molecule has 1 amide bonds. The number of anilines is 1. The largest absolute Gasteiger partial charge is 0.417 e. The van der Waals surface area contributed by atoms with Crippen molar-refractivity contribution in [1.29, 1.82) is 0 Å². The maximum atomic E-state index is 13.3. The number of nitrogens with one attached hydrogen (secondary N) is 1. The molecule has 0 radical (unpaired) electrons. The minimum Gasteiger partial charge on any atom is -0.383 e. The number of carbonyl (C=O) groups is 1. The Morgan fingerprint density at radius 2 is 1.83 bits per heavy atom. The molecule has 0 aliphatic heterocycles. The minimum absolute atomic E-state index is 0.175. The van der Waals surface area contributed by atoms with Crippen molar-refractivity contribution in [3.05, 3.63) is 59.1 Å². The predicted octanol–water partition coefficient (Wildman–Crippen LogP) is 3.71. The normalized spacial score (nSPS) is 13.0. The minimum atomic E-state index is -4.80. The Morgan fingerprint density at radius 3 is 2.40 bits per heavy atom. The predicted molar refractivity (Wildman–Crippen MR) is 107 cm³/mol. The van der Waals surface area contributed by atoms with E-state index in [4.69, 9.17) is 16.3 Å². The van der Waals surface area contributed by atoms with Crippen molar-refractivity contribution in [2.75, 3.05) is 24.6 Å². The van der Waals surface area contributed by atoms with E-state index in [1.165, 1.54) is 31.4 Å². The van der Waals surface area contributed by atoms with E-state index in [9.17, 15) is 26.4 Å². The highest BCUT2D eigenvalue weighted by molar-refractivity contribution is 7.92. The summed E-state index contributed by atoms with van der Waals surface area (Å²) >= 11 is 5.65. The van der Waals surface area contributed by atoms with Crippen molar-refractivity contribution in [2.45, 2.75) is 24.0 Å². The zero-order valence-electron chi connectivity index (χ0n) is 16.1. The first-order valence-corrected chi connectivity index (χ1v) is 10.5. The fraction of sp³-hybridized carbons (Fsp3) is 0.316. The molecular formula is C19H20ClF3N2O4S. The summed E-state index contributed by atoms with van der Waals surface area (Å²) in [5, 5.41) is 1.96. The number of sulfonamides is 1. The smallest absolute Gasteiger partial charge is 0.383 e. The molecule has 0 fully saturated rings. The highest BCUT2D eigenvalue weighted by Gasteiger charge is 2.35. The summed E-state index contributed by atoms with van der Waals surface area (Å²) in [5.74, 6) is -0.706. The molecule has 0 bridgehead atoms. The second-order valence-corrected chi connectivity index (χ2v) is 8.68. The van der Waals surface area contributed by atoms with Gasteiger partial charge in [0, 0.05) is 13.2 Å². The second kappa shape index (κ2) is 9.67. The van der Waals surface area contributed by atoms with Crippen molar-refractivity contribution in [3.8, 4) is 0 Å². The van der Waals surface area contributed by atoms with Crippen LogP contribution in [0.2, 0.25) is 5.02 Å². The number of methoxy groups -OCH3 is 1. The van der Waals surface area contributed by atoms with Gasteiger partial charge in [-0.05, 0) is 37.3 Å². The van der Waals surface area contributed by atoms with E-state index < -0.39 is 45.3 Å². The Kier molecular flexibility index (Phi) is 7.73. The van der Waals surface area contributed by atoms with Gasteiger partial charge in [-0.15, -0.1) is 0 Å². The molecule has 1 N–H and O–H groups in total. The Balaban J connectivity index is 2.51. The first-order valence-electron chi connectivity index (χ1n) is 8.69. The van der Waals surface area contributed by atoms with Crippen molar-refractivity contribution in [1.82, 2.24) is 5.32 Å². The lowest BCUT2D eigenvalue weighted by Gasteiger charge is -2.26. The number of alkyl halides is 3. The lowest BCUT2D eigenvalue weighted by atomic mass is 10.2. The van der Waals surface area contributed by atoms with Gasteiger partial charge in [-0.1, -0.05) is 29.8 Å². The zero-order chi connectivity index (χ0) is 22.5. The standard InChI is InChI=1S/C19H20ClF3N2O4S/c1-13(12-29-2)24-18(26)11-25(30(27,28)15-6-4-3-5-7-15)14-8-9-17(20)16(10-14)19(21,22)23/h3-10,13H,11-12H2,1-2H3,(H,24,26)/t13-/m0/s1. The molecule has 11 heteroatoms. The van der Waals surface area contributed by atoms with Gasteiger partial charge in [0.2, 0.25) is 5.91 Å². The third-order valence-corrected chi connectivity index (χ3v) is 6.10. The third kappa shape index (κ3) is 5.87. The third-order valence-electron chi connectivity index (χ3n) is 3.99. The molecule has 30 heavy (non-hydrogen) atoms. The van der Waals surface area contributed by atoms with E-state index in [2.05, 4.69) is 5.32 Å². The molecule has 164 valence electrons. The molecule has 2 rings (SSSR count). The highest BCUT2D eigenvalue weighted by Crippen LogP contribution is 2.37. The molecular weight excluding hydrogens is 445 g/mol. The summed E-state index contributed by atoms with van der Waals surface area (Å²) in [4.78, 5) is 12.2. The first kappa shape index (κ1) is 24.0. The van der Waals surface area contributed by atoms with Crippen molar-refractivity contribution in [3.63, 3.8) is 0 Å². The molecule has 0 spiro atoms. The Morgan fingerprint density at radius 1 is 1.20 bits per heavy atom. The molecule has 0 aliphatic rings. The molecule has 2 aromatic rings. The molecule has 1 atom stereocenters. The average molecular weight is 465 g/mol. The SMILES string of the molecule is COC[C@H](C)NC(=O)CN(c1ccc(Cl)c(C(F)(F)F)c1)S(=O)(=O)c1ccccc1. The van der Waals surface area contributed by atoms with Gasteiger partial charge in [0.1, 0.15) is 6.54 Å². The van der Waals surface area contributed by atoms with Crippen LogP contribution in [0.5, 0.6) is 0 Å². The number of ether oxygens (including phenoxy) is 1. The Labute approximate surface area is 177 Å². The summed E-state index contributed by atoms with van der Waals surface area (Å²) in [5.41, 5.74) is -1.55. The summed E-state index contributed by atoms with van der Waals surface area (Å²) in [6, 6.07) is 9.33. The lowest BCUT2D eigenvalue weighted by Crippen LogP contribution is -2.44.